The Kier molecular flexibility index (Phi) is 4.84. The number of aromatic nitrogens is 1. The fourth-order valence-electron chi connectivity index (χ4n) is 3.61. The van der Waals surface area contributed by atoms with E-state index in [2.05, 4.69) is 11.4 Å². The lowest BCUT2D eigenvalue weighted by atomic mass is 10.1. The number of nitrogens with one attached hydrogen (secondary N) is 1. The first-order chi connectivity index (χ1) is 15.2. The molecule has 1 amide bonds. The standard InChI is InChI=1S/C26H20N2O3/c1-2-30-21-11-6-8-18(16-21)25(29)27-20-10-5-9-19(15-20)26-28-24-22-12-4-3-7-17(22)13-14-23(24)31-26/h3-16H,2H2,1H3,(H,27,29). The van der Waals surface area contributed by atoms with E-state index in [-0.39, 0.29) is 5.91 Å². The highest BCUT2D eigenvalue weighted by Gasteiger charge is 2.13. The summed E-state index contributed by atoms with van der Waals surface area (Å²) in [6.45, 7) is 2.46. The van der Waals surface area contributed by atoms with Crippen LogP contribution in [0.25, 0.3) is 33.3 Å². The molecule has 1 N–H and O–H groups in total. The summed E-state index contributed by atoms with van der Waals surface area (Å²) in [6, 6.07) is 26.7. The summed E-state index contributed by atoms with van der Waals surface area (Å²) < 4.78 is 11.5. The second-order valence-corrected chi connectivity index (χ2v) is 7.15. The largest absolute Gasteiger partial charge is 0.494 e. The lowest BCUT2D eigenvalue weighted by Crippen LogP contribution is -2.12. The summed E-state index contributed by atoms with van der Waals surface area (Å²) in [5.74, 6) is 0.977. The van der Waals surface area contributed by atoms with Gasteiger partial charge < -0.3 is 14.5 Å². The highest BCUT2D eigenvalue weighted by atomic mass is 16.5. The number of hydrogen-bond acceptors (Lipinski definition) is 4. The Labute approximate surface area is 179 Å². The Morgan fingerprint density at radius 3 is 2.74 bits per heavy atom. The molecule has 0 saturated heterocycles. The molecule has 5 nitrogen and oxygen atoms in total. The highest BCUT2D eigenvalue weighted by molar-refractivity contribution is 6.05. The molecule has 0 spiro atoms. The van der Waals surface area contributed by atoms with Gasteiger partial charge in [0.25, 0.3) is 5.91 Å². The first-order valence-corrected chi connectivity index (χ1v) is 10.1. The van der Waals surface area contributed by atoms with E-state index in [9.17, 15) is 4.79 Å². The predicted molar refractivity (Wildman–Crippen MR) is 123 cm³/mol. The molecule has 0 atom stereocenters. The Hall–Kier alpha value is -4.12. The van der Waals surface area contributed by atoms with Crippen LogP contribution in [0.2, 0.25) is 0 Å². The number of benzene rings is 4. The van der Waals surface area contributed by atoms with E-state index in [1.165, 1.54) is 0 Å². The van der Waals surface area contributed by atoms with Crippen molar-refractivity contribution in [2.24, 2.45) is 0 Å². The Bertz CT molecular complexity index is 1400. The molecule has 1 heterocycles. The van der Waals surface area contributed by atoms with Gasteiger partial charge in [-0.15, -0.1) is 0 Å². The third-order valence-electron chi connectivity index (χ3n) is 5.06. The van der Waals surface area contributed by atoms with Crippen molar-refractivity contribution in [2.45, 2.75) is 6.92 Å². The number of carbonyl (C=O) groups excluding carboxylic acids is 1. The van der Waals surface area contributed by atoms with Gasteiger partial charge >= 0.3 is 0 Å². The maximum Gasteiger partial charge on any atom is 0.255 e. The summed E-state index contributed by atoms with van der Waals surface area (Å²) in [5.41, 5.74) is 3.55. The van der Waals surface area contributed by atoms with Gasteiger partial charge in [-0.2, -0.15) is 0 Å². The van der Waals surface area contributed by atoms with Crippen LogP contribution in [-0.4, -0.2) is 17.5 Å². The molecule has 0 saturated carbocycles. The van der Waals surface area contributed by atoms with Crippen molar-refractivity contribution in [3.05, 3.63) is 90.5 Å². The molecule has 5 heteroatoms. The molecule has 5 aromatic rings. The van der Waals surface area contributed by atoms with Crippen LogP contribution in [0.5, 0.6) is 5.75 Å². The fourth-order valence-corrected chi connectivity index (χ4v) is 3.61. The second-order valence-electron chi connectivity index (χ2n) is 7.15. The van der Waals surface area contributed by atoms with E-state index < -0.39 is 0 Å². The smallest absolute Gasteiger partial charge is 0.255 e. The van der Waals surface area contributed by atoms with Gasteiger partial charge in [0.15, 0.2) is 5.58 Å². The van der Waals surface area contributed by atoms with E-state index in [1.807, 2.05) is 67.6 Å². The second kappa shape index (κ2) is 7.95. The minimum atomic E-state index is -0.206. The molecule has 152 valence electrons. The van der Waals surface area contributed by atoms with Crippen LogP contribution in [-0.2, 0) is 0 Å². The van der Waals surface area contributed by atoms with E-state index >= 15 is 0 Å². The van der Waals surface area contributed by atoms with Crippen molar-refractivity contribution in [3.8, 4) is 17.2 Å². The third kappa shape index (κ3) is 3.73. The zero-order valence-electron chi connectivity index (χ0n) is 17.0. The topological polar surface area (TPSA) is 64.4 Å². The SMILES string of the molecule is CCOc1cccc(C(=O)Nc2cccc(-c3nc4c(ccc5ccccc54)o3)c2)c1. The minimum absolute atomic E-state index is 0.206. The Balaban J connectivity index is 1.44. The molecule has 1 aromatic heterocycles. The third-order valence-corrected chi connectivity index (χ3v) is 5.06. The van der Waals surface area contributed by atoms with Crippen LogP contribution in [0.1, 0.15) is 17.3 Å². The summed E-state index contributed by atoms with van der Waals surface area (Å²) in [4.78, 5) is 17.4. The average molecular weight is 408 g/mol. The van der Waals surface area contributed by atoms with Gasteiger partial charge in [-0.25, -0.2) is 4.98 Å². The van der Waals surface area contributed by atoms with Gasteiger partial charge in [0, 0.05) is 22.2 Å². The minimum Gasteiger partial charge on any atom is -0.494 e. The lowest BCUT2D eigenvalue weighted by molar-refractivity contribution is 0.102. The van der Waals surface area contributed by atoms with Crippen LogP contribution < -0.4 is 10.1 Å². The number of anilines is 1. The number of hydrogen-bond donors (Lipinski definition) is 1. The van der Waals surface area contributed by atoms with Crippen molar-refractivity contribution < 1.29 is 13.9 Å². The van der Waals surface area contributed by atoms with Crippen LogP contribution in [0.4, 0.5) is 5.69 Å². The van der Waals surface area contributed by atoms with Gasteiger partial charge in [-0.1, -0.05) is 42.5 Å². The summed E-state index contributed by atoms with van der Waals surface area (Å²) in [7, 11) is 0. The molecule has 0 radical (unpaired) electrons. The number of carbonyl (C=O) groups is 1. The van der Waals surface area contributed by atoms with Gasteiger partial charge in [-0.3, -0.25) is 4.79 Å². The first-order valence-electron chi connectivity index (χ1n) is 10.1. The lowest BCUT2D eigenvalue weighted by Gasteiger charge is -2.08. The zero-order chi connectivity index (χ0) is 21.2. The predicted octanol–water partition coefficient (Wildman–Crippen LogP) is 6.30. The summed E-state index contributed by atoms with van der Waals surface area (Å²) in [5, 5.41) is 5.10. The molecule has 0 aliphatic heterocycles. The fraction of sp³-hybridized carbons (Fsp3) is 0.0769. The number of fused-ring (bicyclic) bond motifs is 3. The highest BCUT2D eigenvalue weighted by Crippen LogP contribution is 2.30. The van der Waals surface area contributed by atoms with Crippen LogP contribution in [0, 0.1) is 0 Å². The summed E-state index contributed by atoms with van der Waals surface area (Å²) >= 11 is 0. The monoisotopic (exact) mass is 408 g/mol. The van der Waals surface area contributed by atoms with Gasteiger partial charge in [0.05, 0.1) is 6.61 Å². The molecule has 31 heavy (non-hydrogen) atoms. The maximum atomic E-state index is 12.7. The molecule has 0 aliphatic carbocycles. The van der Waals surface area contributed by atoms with E-state index in [0.717, 1.165) is 27.4 Å². The number of amides is 1. The number of nitrogens with zero attached hydrogens (tertiary/aromatic N) is 1. The summed E-state index contributed by atoms with van der Waals surface area (Å²) in [6.07, 6.45) is 0. The zero-order valence-corrected chi connectivity index (χ0v) is 17.0. The molecule has 0 unspecified atom stereocenters. The average Bonchev–Trinajstić information content (AvgIpc) is 3.25. The molecular formula is C26H20N2O3. The molecule has 4 aromatic carbocycles. The van der Waals surface area contributed by atoms with Gasteiger partial charge in [0.1, 0.15) is 11.3 Å². The van der Waals surface area contributed by atoms with E-state index in [0.29, 0.717) is 29.5 Å². The van der Waals surface area contributed by atoms with Crippen LogP contribution >= 0.6 is 0 Å². The van der Waals surface area contributed by atoms with Crippen molar-refractivity contribution in [3.63, 3.8) is 0 Å². The molecule has 5 rings (SSSR count). The van der Waals surface area contributed by atoms with Crippen molar-refractivity contribution in [1.29, 1.82) is 0 Å². The van der Waals surface area contributed by atoms with E-state index in [1.54, 1.807) is 18.2 Å². The molecule has 0 aliphatic rings. The first kappa shape index (κ1) is 18.9. The molecule has 0 fully saturated rings. The van der Waals surface area contributed by atoms with Crippen molar-refractivity contribution in [1.82, 2.24) is 4.98 Å². The number of rotatable bonds is 5. The van der Waals surface area contributed by atoms with Crippen LogP contribution in [0.15, 0.2) is 89.3 Å². The number of ether oxygens (including phenoxy) is 1. The van der Waals surface area contributed by atoms with E-state index in [4.69, 9.17) is 14.1 Å². The normalized spacial score (nSPS) is 11.0. The Morgan fingerprint density at radius 2 is 1.84 bits per heavy atom. The molecular weight excluding hydrogens is 388 g/mol. The Morgan fingerprint density at radius 1 is 0.968 bits per heavy atom. The maximum absolute atomic E-state index is 12.7. The van der Waals surface area contributed by atoms with Gasteiger partial charge in [0.2, 0.25) is 5.89 Å². The van der Waals surface area contributed by atoms with Crippen molar-refractivity contribution in [2.75, 3.05) is 11.9 Å². The van der Waals surface area contributed by atoms with Crippen LogP contribution in [0.3, 0.4) is 0 Å². The van der Waals surface area contributed by atoms with Crippen molar-refractivity contribution >= 4 is 33.5 Å². The molecule has 0 bridgehead atoms. The van der Waals surface area contributed by atoms with Gasteiger partial charge in [-0.05, 0) is 54.8 Å². The number of oxazole rings is 1. The quantitative estimate of drug-likeness (QED) is 0.371.